The van der Waals surface area contributed by atoms with Crippen molar-refractivity contribution in [2.24, 2.45) is 0 Å². The first kappa shape index (κ1) is 77.0. The lowest BCUT2D eigenvalue weighted by molar-refractivity contribution is -0.167. The van der Waals surface area contributed by atoms with Gasteiger partial charge < -0.3 is 14.2 Å². The Morgan fingerprint density at radius 2 is 0.446 bits per heavy atom. The van der Waals surface area contributed by atoms with Gasteiger partial charge in [0.15, 0.2) is 6.10 Å². The summed E-state index contributed by atoms with van der Waals surface area (Å²) in [6.45, 7) is 6.20. The lowest BCUT2D eigenvalue weighted by Crippen LogP contribution is -2.30. The van der Waals surface area contributed by atoms with Gasteiger partial charge in [0.1, 0.15) is 13.2 Å². The number of carbonyl (C=O) groups is 3. The second kappa shape index (κ2) is 68.5. The molecule has 0 bridgehead atoms. The Morgan fingerprint density at radius 3 is 0.723 bits per heavy atom. The molecule has 0 aromatic carbocycles. The van der Waals surface area contributed by atoms with Gasteiger partial charge in [-0.05, 0) is 161 Å². The third-order valence-electron chi connectivity index (χ3n) is 12.8. The summed E-state index contributed by atoms with van der Waals surface area (Å²) >= 11 is 0. The van der Waals surface area contributed by atoms with E-state index in [-0.39, 0.29) is 44.0 Å². The standard InChI is InChI=1S/C77H116O6/c1-4-7-10-13-16-19-22-25-28-31-33-34-35-36-37-38-39-40-41-42-44-46-49-52-55-58-61-64-67-70-76(79)82-73-74(72-81-75(78)69-66-63-60-57-54-51-48-45-30-27-24-21-18-15-12-9-6-3)83-77(80)71-68-65-62-59-56-53-50-47-43-32-29-26-23-20-17-14-11-8-5-2/h7-12,16-21,25-30,33-34,36-37,39-40,42-44,47-49,51-52,58,61,74H,4-6,13-15,22-24,31-32,35,38,41,45-46,50,53-57,59-60,62-73H2,1-3H3/b10-7-,11-8-,12-9-,19-16-,20-17-,21-18-,28-25-,29-26-,30-27-,34-33-,37-36-,40-39-,44-42-,47-43-,51-48-,52-49-,61-58-. The zero-order chi connectivity index (χ0) is 59.9. The Balaban J connectivity index is 4.57. The molecule has 460 valence electrons. The molecule has 0 N–H and O–H groups in total. The van der Waals surface area contributed by atoms with Crippen LogP contribution in [0, 0.1) is 0 Å². The predicted octanol–water partition coefficient (Wildman–Crippen LogP) is 22.8. The first-order chi connectivity index (χ1) is 41.0. The van der Waals surface area contributed by atoms with Crippen LogP contribution in [0.25, 0.3) is 0 Å². The molecule has 0 spiro atoms. The maximum atomic E-state index is 12.9. The molecule has 0 radical (unpaired) electrons. The van der Waals surface area contributed by atoms with Crippen molar-refractivity contribution in [3.63, 3.8) is 0 Å². The van der Waals surface area contributed by atoms with Crippen LogP contribution in [-0.4, -0.2) is 37.2 Å². The van der Waals surface area contributed by atoms with E-state index < -0.39 is 6.10 Å². The average molecular weight is 1140 g/mol. The third-order valence-corrected chi connectivity index (χ3v) is 12.8. The van der Waals surface area contributed by atoms with Crippen LogP contribution in [-0.2, 0) is 28.6 Å². The van der Waals surface area contributed by atoms with E-state index >= 15 is 0 Å². The Bertz CT molecular complexity index is 2030. The summed E-state index contributed by atoms with van der Waals surface area (Å²) < 4.78 is 16.8. The number of hydrogen-bond donors (Lipinski definition) is 0. The number of unbranched alkanes of at least 4 members (excludes halogenated alkanes) is 11. The summed E-state index contributed by atoms with van der Waals surface area (Å²) in [5, 5.41) is 0. The number of ether oxygens (including phenoxy) is 3. The molecule has 0 aliphatic rings. The van der Waals surface area contributed by atoms with Gasteiger partial charge in [-0.25, -0.2) is 0 Å². The molecule has 6 nitrogen and oxygen atoms in total. The molecule has 0 amide bonds. The number of hydrogen-bond acceptors (Lipinski definition) is 6. The van der Waals surface area contributed by atoms with Crippen molar-refractivity contribution in [2.45, 2.75) is 245 Å². The second-order valence-electron chi connectivity index (χ2n) is 20.5. The highest BCUT2D eigenvalue weighted by Gasteiger charge is 2.19. The lowest BCUT2D eigenvalue weighted by Gasteiger charge is -2.18. The van der Waals surface area contributed by atoms with Gasteiger partial charge in [0.25, 0.3) is 0 Å². The number of rotatable bonds is 56. The van der Waals surface area contributed by atoms with Gasteiger partial charge in [0.05, 0.1) is 0 Å². The number of carbonyl (C=O) groups excluding carboxylic acids is 3. The fraction of sp³-hybridized carbons (Fsp3) is 0.519. The van der Waals surface area contributed by atoms with Crippen molar-refractivity contribution in [2.75, 3.05) is 13.2 Å². The summed E-state index contributed by atoms with van der Waals surface area (Å²) in [6, 6.07) is 0. The molecular formula is C77H116O6. The first-order valence-corrected chi connectivity index (χ1v) is 32.6. The van der Waals surface area contributed by atoms with Crippen LogP contribution >= 0.6 is 0 Å². The van der Waals surface area contributed by atoms with Crippen molar-refractivity contribution in [1.29, 1.82) is 0 Å². The molecule has 6 heteroatoms. The van der Waals surface area contributed by atoms with Crippen LogP contribution in [0.15, 0.2) is 207 Å². The lowest BCUT2D eigenvalue weighted by atomic mass is 10.1. The highest BCUT2D eigenvalue weighted by Crippen LogP contribution is 2.13. The zero-order valence-corrected chi connectivity index (χ0v) is 52.6. The molecule has 0 fully saturated rings. The number of esters is 3. The molecular weight excluding hydrogens is 1020 g/mol. The molecule has 0 saturated heterocycles. The van der Waals surface area contributed by atoms with Crippen LogP contribution in [0.1, 0.15) is 239 Å². The van der Waals surface area contributed by atoms with Crippen LogP contribution < -0.4 is 0 Å². The minimum absolute atomic E-state index is 0.127. The second-order valence-corrected chi connectivity index (χ2v) is 20.5. The van der Waals surface area contributed by atoms with E-state index in [0.717, 1.165) is 180 Å². The Morgan fingerprint density at radius 1 is 0.241 bits per heavy atom. The quantitative estimate of drug-likeness (QED) is 0.0261. The molecule has 0 saturated carbocycles. The zero-order valence-electron chi connectivity index (χ0n) is 52.6. The summed E-state index contributed by atoms with van der Waals surface area (Å²) in [7, 11) is 0. The SMILES string of the molecule is CC/C=C\C/C=C\C/C=C\C/C=C\C/C=C\C/C=C\C/C=C\C/C=C\C/C=C\CCCC(=O)OCC(COC(=O)CCCCCC/C=C\C/C=C\C/C=C\C/C=C\CC)OC(=O)CCCCCCCC/C=C\C/C=C\C/C=C\C/C=C\CC. The van der Waals surface area contributed by atoms with E-state index in [9.17, 15) is 14.4 Å². The predicted molar refractivity (Wildman–Crippen MR) is 361 cm³/mol. The van der Waals surface area contributed by atoms with Crippen molar-refractivity contribution in [1.82, 2.24) is 0 Å². The van der Waals surface area contributed by atoms with Gasteiger partial charge >= 0.3 is 17.9 Å². The molecule has 83 heavy (non-hydrogen) atoms. The number of allylic oxidation sites excluding steroid dienone is 34. The molecule has 1 atom stereocenters. The monoisotopic (exact) mass is 1140 g/mol. The minimum atomic E-state index is -0.835. The van der Waals surface area contributed by atoms with E-state index in [1.807, 2.05) is 0 Å². The van der Waals surface area contributed by atoms with Crippen LogP contribution in [0.2, 0.25) is 0 Å². The first-order valence-electron chi connectivity index (χ1n) is 32.6. The van der Waals surface area contributed by atoms with Crippen LogP contribution in [0.3, 0.4) is 0 Å². The maximum Gasteiger partial charge on any atom is 0.306 e. The van der Waals surface area contributed by atoms with E-state index in [1.165, 1.54) is 12.8 Å². The van der Waals surface area contributed by atoms with E-state index in [4.69, 9.17) is 14.2 Å². The van der Waals surface area contributed by atoms with Gasteiger partial charge in [-0.3, -0.25) is 14.4 Å². The summed E-state index contributed by atoms with van der Waals surface area (Å²) in [5.41, 5.74) is 0. The molecule has 0 aromatic rings. The van der Waals surface area contributed by atoms with Gasteiger partial charge in [-0.1, -0.05) is 266 Å². The topological polar surface area (TPSA) is 78.9 Å². The van der Waals surface area contributed by atoms with Gasteiger partial charge in [0, 0.05) is 19.3 Å². The van der Waals surface area contributed by atoms with Gasteiger partial charge in [-0.15, -0.1) is 0 Å². The van der Waals surface area contributed by atoms with Gasteiger partial charge in [-0.2, -0.15) is 0 Å². The highest BCUT2D eigenvalue weighted by molar-refractivity contribution is 5.71. The maximum absolute atomic E-state index is 12.9. The summed E-state index contributed by atoms with van der Waals surface area (Å²) in [5.74, 6) is -1.03. The minimum Gasteiger partial charge on any atom is -0.462 e. The Hall–Kier alpha value is -6.01. The molecule has 0 heterocycles. The van der Waals surface area contributed by atoms with Gasteiger partial charge in [0.2, 0.25) is 0 Å². The van der Waals surface area contributed by atoms with Crippen molar-refractivity contribution in [3.8, 4) is 0 Å². The molecule has 0 aliphatic heterocycles. The summed E-state index contributed by atoms with van der Waals surface area (Å²) in [4.78, 5) is 38.4. The fourth-order valence-corrected chi connectivity index (χ4v) is 8.01. The Kier molecular flexibility index (Phi) is 63.5. The van der Waals surface area contributed by atoms with Crippen molar-refractivity contribution >= 4 is 17.9 Å². The van der Waals surface area contributed by atoms with Crippen molar-refractivity contribution < 1.29 is 28.6 Å². The third kappa shape index (κ3) is 66.7. The van der Waals surface area contributed by atoms with Crippen LogP contribution in [0.4, 0.5) is 0 Å². The van der Waals surface area contributed by atoms with Crippen LogP contribution in [0.5, 0.6) is 0 Å². The highest BCUT2D eigenvalue weighted by atomic mass is 16.6. The smallest absolute Gasteiger partial charge is 0.306 e. The molecule has 0 aliphatic carbocycles. The molecule has 0 rings (SSSR count). The van der Waals surface area contributed by atoms with E-state index in [1.54, 1.807) is 0 Å². The molecule has 1 unspecified atom stereocenters. The molecule has 0 aromatic heterocycles. The van der Waals surface area contributed by atoms with E-state index in [0.29, 0.717) is 12.8 Å². The van der Waals surface area contributed by atoms with E-state index in [2.05, 4.69) is 227 Å². The summed E-state index contributed by atoms with van der Waals surface area (Å²) in [6.07, 6.45) is 105. The normalized spacial score (nSPS) is 13.5. The average Bonchev–Trinajstić information content (AvgIpc) is 3.49. The largest absolute Gasteiger partial charge is 0.462 e. The van der Waals surface area contributed by atoms with Crippen molar-refractivity contribution in [3.05, 3.63) is 207 Å². The Labute approximate surface area is 509 Å². The fourth-order valence-electron chi connectivity index (χ4n) is 8.01.